The number of carboxylic acids is 1. The van der Waals surface area contributed by atoms with E-state index in [1.165, 1.54) is 18.2 Å². The Labute approximate surface area is 115 Å². The second-order valence-corrected chi connectivity index (χ2v) is 4.23. The van der Waals surface area contributed by atoms with E-state index in [0.29, 0.717) is 11.3 Å². The van der Waals surface area contributed by atoms with Gasteiger partial charge in [0.1, 0.15) is 5.75 Å². The normalized spacial score (nSPS) is 11.9. The van der Waals surface area contributed by atoms with E-state index in [0.717, 1.165) is 0 Å². The summed E-state index contributed by atoms with van der Waals surface area (Å²) in [6, 6.07) is 12.7. The number of rotatable bonds is 5. The standard InChI is InChI=1S/C15H14FNO3/c16-13-7-6-10(12(9-17)15(18)19)8-14(13)20-11-4-2-1-3-5-11/h1-8,12H,9,17H2,(H,18,19)/t12-/m0/s1. The van der Waals surface area contributed by atoms with E-state index < -0.39 is 17.7 Å². The minimum absolute atomic E-state index is 0.0200. The van der Waals surface area contributed by atoms with E-state index in [2.05, 4.69) is 0 Å². The highest BCUT2D eigenvalue weighted by Crippen LogP contribution is 2.28. The van der Waals surface area contributed by atoms with E-state index in [-0.39, 0.29) is 12.3 Å². The molecule has 0 saturated heterocycles. The SMILES string of the molecule is NC[C@H](C(=O)O)c1ccc(F)c(Oc2ccccc2)c1. The summed E-state index contributed by atoms with van der Waals surface area (Å²) in [5.74, 6) is -2.03. The summed E-state index contributed by atoms with van der Waals surface area (Å²) in [4.78, 5) is 11.1. The Bertz CT molecular complexity index is 601. The van der Waals surface area contributed by atoms with Gasteiger partial charge in [-0.1, -0.05) is 24.3 Å². The fraction of sp³-hybridized carbons (Fsp3) is 0.133. The van der Waals surface area contributed by atoms with E-state index in [1.54, 1.807) is 24.3 Å². The molecule has 0 aliphatic rings. The third kappa shape index (κ3) is 3.13. The molecule has 1 atom stereocenters. The van der Waals surface area contributed by atoms with Gasteiger partial charge < -0.3 is 15.6 Å². The Morgan fingerprint density at radius 1 is 1.25 bits per heavy atom. The fourth-order valence-corrected chi connectivity index (χ4v) is 1.81. The summed E-state index contributed by atoms with van der Waals surface area (Å²) in [7, 11) is 0. The minimum atomic E-state index is -1.05. The van der Waals surface area contributed by atoms with Gasteiger partial charge in [-0.05, 0) is 29.8 Å². The van der Waals surface area contributed by atoms with Gasteiger partial charge in [0.2, 0.25) is 0 Å². The molecule has 4 nitrogen and oxygen atoms in total. The predicted molar refractivity (Wildman–Crippen MR) is 72.3 cm³/mol. The van der Waals surface area contributed by atoms with Crippen molar-refractivity contribution in [2.24, 2.45) is 5.73 Å². The van der Waals surface area contributed by atoms with Crippen LogP contribution in [0.2, 0.25) is 0 Å². The zero-order chi connectivity index (χ0) is 14.5. The number of carbonyl (C=O) groups is 1. The minimum Gasteiger partial charge on any atom is -0.481 e. The van der Waals surface area contributed by atoms with Crippen molar-refractivity contribution < 1.29 is 19.0 Å². The Kier molecular flexibility index (Phi) is 4.32. The van der Waals surface area contributed by atoms with Gasteiger partial charge in [0.15, 0.2) is 11.6 Å². The van der Waals surface area contributed by atoms with Crippen molar-refractivity contribution in [1.29, 1.82) is 0 Å². The van der Waals surface area contributed by atoms with Crippen LogP contribution in [0.25, 0.3) is 0 Å². The van der Waals surface area contributed by atoms with Crippen molar-refractivity contribution >= 4 is 5.97 Å². The molecule has 2 rings (SSSR count). The molecule has 0 saturated carbocycles. The summed E-state index contributed by atoms with van der Waals surface area (Å²) in [6.07, 6.45) is 0. The summed E-state index contributed by atoms with van der Waals surface area (Å²) in [5.41, 5.74) is 5.84. The zero-order valence-corrected chi connectivity index (χ0v) is 10.6. The summed E-state index contributed by atoms with van der Waals surface area (Å²) >= 11 is 0. The molecule has 3 N–H and O–H groups in total. The number of benzene rings is 2. The molecular formula is C15H14FNO3. The van der Waals surface area contributed by atoms with Gasteiger partial charge in [0.25, 0.3) is 0 Å². The van der Waals surface area contributed by atoms with Crippen LogP contribution in [0, 0.1) is 5.82 Å². The number of aliphatic carboxylic acids is 1. The molecule has 2 aromatic carbocycles. The molecule has 20 heavy (non-hydrogen) atoms. The number of hydrogen-bond acceptors (Lipinski definition) is 3. The molecule has 0 heterocycles. The topological polar surface area (TPSA) is 72.6 Å². The van der Waals surface area contributed by atoms with Crippen LogP contribution in [-0.2, 0) is 4.79 Å². The van der Waals surface area contributed by atoms with Crippen LogP contribution in [0.4, 0.5) is 4.39 Å². The van der Waals surface area contributed by atoms with Crippen LogP contribution in [-0.4, -0.2) is 17.6 Å². The molecule has 0 unspecified atom stereocenters. The van der Waals surface area contributed by atoms with E-state index in [4.69, 9.17) is 15.6 Å². The maximum Gasteiger partial charge on any atom is 0.312 e. The molecule has 0 aliphatic carbocycles. The van der Waals surface area contributed by atoms with Gasteiger partial charge in [-0.3, -0.25) is 4.79 Å². The molecule has 0 bridgehead atoms. The van der Waals surface area contributed by atoms with Crippen LogP contribution in [0.15, 0.2) is 48.5 Å². The first-order chi connectivity index (χ1) is 9.61. The highest BCUT2D eigenvalue weighted by Gasteiger charge is 2.19. The maximum atomic E-state index is 13.7. The summed E-state index contributed by atoms with van der Waals surface area (Å²) in [6.45, 7) is -0.0637. The van der Waals surface area contributed by atoms with Gasteiger partial charge >= 0.3 is 5.97 Å². The van der Waals surface area contributed by atoms with Gasteiger partial charge in [-0.25, -0.2) is 4.39 Å². The predicted octanol–water partition coefficient (Wildman–Crippen LogP) is 2.74. The van der Waals surface area contributed by atoms with Crippen molar-refractivity contribution in [3.63, 3.8) is 0 Å². The molecule has 5 heteroatoms. The van der Waals surface area contributed by atoms with Gasteiger partial charge in [0, 0.05) is 6.54 Å². The molecule has 0 fully saturated rings. The smallest absolute Gasteiger partial charge is 0.312 e. The Morgan fingerprint density at radius 3 is 2.55 bits per heavy atom. The first kappa shape index (κ1) is 14.0. The lowest BCUT2D eigenvalue weighted by molar-refractivity contribution is -0.138. The first-order valence-electron chi connectivity index (χ1n) is 6.07. The third-order valence-corrected chi connectivity index (χ3v) is 2.86. The molecular weight excluding hydrogens is 261 g/mol. The second kappa shape index (κ2) is 6.16. The maximum absolute atomic E-state index is 13.7. The first-order valence-corrected chi connectivity index (χ1v) is 6.07. The highest BCUT2D eigenvalue weighted by molar-refractivity contribution is 5.76. The number of ether oxygens (including phenoxy) is 1. The Hall–Kier alpha value is -2.40. The number of halogens is 1. The monoisotopic (exact) mass is 275 g/mol. The van der Waals surface area contributed by atoms with Gasteiger partial charge in [-0.15, -0.1) is 0 Å². The van der Waals surface area contributed by atoms with Crippen LogP contribution in [0.1, 0.15) is 11.5 Å². The quantitative estimate of drug-likeness (QED) is 0.880. The van der Waals surface area contributed by atoms with Crippen molar-refractivity contribution in [3.05, 3.63) is 59.9 Å². The number of hydrogen-bond donors (Lipinski definition) is 2. The van der Waals surface area contributed by atoms with Crippen LogP contribution in [0.5, 0.6) is 11.5 Å². The fourth-order valence-electron chi connectivity index (χ4n) is 1.81. The van der Waals surface area contributed by atoms with Crippen LogP contribution >= 0.6 is 0 Å². The lowest BCUT2D eigenvalue weighted by Gasteiger charge is -2.13. The Balaban J connectivity index is 2.31. The lowest BCUT2D eigenvalue weighted by Crippen LogP contribution is -2.21. The molecule has 0 amide bonds. The van der Waals surface area contributed by atoms with Crippen LogP contribution in [0.3, 0.4) is 0 Å². The molecule has 0 aliphatic heterocycles. The molecule has 0 spiro atoms. The number of para-hydroxylation sites is 1. The largest absolute Gasteiger partial charge is 0.481 e. The molecule has 2 aromatic rings. The van der Waals surface area contributed by atoms with Crippen molar-refractivity contribution in [3.8, 4) is 11.5 Å². The molecule has 0 aromatic heterocycles. The summed E-state index contributed by atoms with van der Waals surface area (Å²) in [5, 5.41) is 9.06. The summed E-state index contributed by atoms with van der Waals surface area (Å²) < 4.78 is 19.1. The number of carboxylic acid groups (broad SMARTS) is 1. The average Bonchev–Trinajstić information content (AvgIpc) is 2.44. The molecule has 104 valence electrons. The van der Waals surface area contributed by atoms with E-state index >= 15 is 0 Å². The average molecular weight is 275 g/mol. The van der Waals surface area contributed by atoms with Gasteiger partial charge in [-0.2, -0.15) is 0 Å². The van der Waals surface area contributed by atoms with Gasteiger partial charge in [0.05, 0.1) is 5.92 Å². The second-order valence-electron chi connectivity index (χ2n) is 4.23. The van der Waals surface area contributed by atoms with Crippen molar-refractivity contribution in [1.82, 2.24) is 0 Å². The van der Waals surface area contributed by atoms with E-state index in [9.17, 15) is 9.18 Å². The highest BCUT2D eigenvalue weighted by atomic mass is 19.1. The molecule has 0 radical (unpaired) electrons. The zero-order valence-electron chi connectivity index (χ0n) is 10.6. The third-order valence-electron chi connectivity index (χ3n) is 2.86. The lowest BCUT2D eigenvalue weighted by atomic mass is 9.99. The van der Waals surface area contributed by atoms with Crippen molar-refractivity contribution in [2.45, 2.75) is 5.92 Å². The number of nitrogens with two attached hydrogens (primary N) is 1. The van der Waals surface area contributed by atoms with E-state index in [1.807, 2.05) is 6.07 Å². The Morgan fingerprint density at radius 2 is 1.95 bits per heavy atom. The van der Waals surface area contributed by atoms with Crippen LogP contribution < -0.4 is 10.5 Å². The van der Waals surface area contributed by atoms with Crippen molar-refractivity contribution in [2.75, 3.05) is 6.54 Å².